The van der Waals surface area contributed by atoms with Crippen LogP contribution in [-0.4, -0.2) is 61.1 Å². The van der Waals surface area contributed by atoms with Gasteiger partial charge in [0.1, 0.15) is 0 Å². The van der Waals surface area contributed by atoms with Gasteiger partial charge in [0.15, 0.2) is 0 Å². The first-order chi connectivity index (χ1) is 12.3. The lowest BCUT2D eigenvalue weighted by Crippen LogP contribution is -2.37. The molecule has 4 rings (SSSR count). The van der Waals surface area contributed by atoms with Gasteiger partial charge in [0.05, 0.1) is 12.7 Å². The summed E-state index contributed by atoms with van der Waals surface area (Å²) in [7, 11) is 0. The molecule has 4 nitrogen and oxygen atoms in total. The van der Waals surface area contributed by atoms with Crippen molar-refractivity contribution >= 4 is 5.91 Å². The smallest absolute Gasteiger partial charge is 0.253 e. The minimum absolute atomic E-state index is 0.149. The lowest BCUT2D eigenvalue weighted by Gasteiger charge is -2.27. The third kappa shape index (κ3) is 4.06. The van der Waals surface area contributed by atoms with E-state index in [4.69, 9.17) is 4.74 Å². The highest BCUT2D eigenvalue weighted by Gasteiger charge is 2.38. The standard InChI is InChI=1S/C21H30N2O2/c24-21(18-9-5-2-6-10-18)23-11-12-25-20-16-22(14-19(20)15-23)13-17-7-3-1-4-8-17/h2,5-6,9-10,17,19-20H,1,3-4,7-8,11-16H2/t19-,20-/m1/s1. The molecule has 0 N–H and O–H groups in total. The third-order valence-electron chi connectivity index (χ3n) is 6.15. The number of nitrogens with zero attached hydrogens (tertiary/aromatic N) is 2. The molecule has 1 aromatic carbocycles. The van der Waals surface area contributed by atoms with Gasteiger partial charge in [-0.1, -0.05) is 37.5 Å². The molecular weight excluding hydrogens is 312 g/mol. The normalized spacial score (nSPS) is 28.6. The summed E-state index contributed by atoms with van der Waals surface area (Å²) in [6, 6.07) is 9.65. The van der Waals surface area contributed by atoms with Crippen molar-refractivity contribution in [2.24, 2.45) is 11.8 Å². The molecule has 2 aliphatic heterocycles. The Bertz CT molecular complexity index is 571. The van der Waals surface area contributed by atoms with E-state index in [-0.39, 0.29) is 5.91 Å². The topological polar surface area (TPSA) is 32.8 Å². The van der Waals surface area contributed by atoms with Crippen LogP contribution in [0.15, 0.2) is 30.3 Å². The number of hydrogen-bond acceptors (Lipinski definition) is 3. The first kappa shape index (κ1) is 17.0. The van der Waals surface area contributed by atoms with Gasteiger partial charge in [-0.05, 0) is 30.9 Å². The SMILES string of the molecule is O=C(c1ccccc1)N1CCO[C@@H]2CN(CC3CCCCC3)C[C@@H]2C1. The molecule has 4 heteroatoms. The Hall–Kier alpha value is -1.39. The van der Waals surface area contributed by atoms with Crippen molar-refractivity contribution in [3.63, 3.8) is 0 Å². The van der Waals surface area contributed by atoms with Gasteiger partial charge in [0, 0.05) is 44.2 Å². The molecule has 2 atom stereocenters. The minimum atomic E-state index is 0.149. The van der Waals surface area contributed by atoms with Crippen molar-refractivity contribution in [1.29, 1.82) is 0 Å². The second-order valence-electron chi connectivity index (χ2n) is 8.01. The average Bonchev–Trinajstić information content (AvgIpc) is 2.92. The maximum absolute atomic E-state index is 12.8. The Morgan fingerprint density at radius 3 is 2.64 bits per heavy atom. The fourth-order valence-corrected chi connectivity index (χ4v) is 4.81. The molecule has 0 bridgehead atoms. The maximum Gasteiger partial charge on any atom is 0.253 e. The predicted octanol–water partition coefficient (Wildman–Crippen LogP) is 3.04. The van der Waals surface area contributed by atoms with E-state index in [0.29, 0.717) is 25.2 Å². The van der Waals surface area contributed by atoms with Gasteiger partial charge >= 0.3 is 0 Å². The van der Waals surface area contributed by atoms with Crippen molar-refractivity contribution in [2.75, 3.05) is 39.3 Å². The van der Waals surface area contributed by atoms with E-state index in [0.717, 1.165) is 31.1 Å². The number of likely N-dealkylation sites (tertiary alicyclic amines) is 1. The van der Waals surface area contributed by atoms with Crippen molar-refractivity contribution in [3.05, 3.63) is 35.9 Å². The lowest BCUT2D eigenvalue weighted by molar-refractivity contribution is 0.0492. The van der Waals surface area contributed by atoms with Crippen LogP contribution in [0.25, 0.3) is 0 Å². The number of amides is 1. The van der Waals surface area contributed by atoms with E-state index >= 15 is 0 Å². The quantitative estimate of drug-likeness (QED) is 0.846. The summed E-state index contributed by atoms with van der Waals surface area (Å²) in [5.74, 6) is 1.48. The minimum Gasteiger partial charge on any atom is -0.375 e. The Morgan fingerprint density at radius 1 is 1.04 bits per heavy atom. The summed E-state index contributed by atoms with van der Waals surface area (Å²) in [4.78, 5) is 17.4. The molecule has 0 radical (unpaired) electrons. The van der Waals surface area contributed by atoms with Gasteiger partial charge in [-0.25, -0.2) is 0 Å². The number of rotatable bonds is 3. The van der Waals surface area contributed by atoms with Crippen LogP contribution in [-0.2, 0) is 4.74 Å². The molecule has 2 saturated heterocycles. The van der Waals surface area contributed by atoms with E-state index < -0.39 is 0 Å². The van der Waals surface area contributed by atoms with Gasteiger partial charge < -0.3 is 14.5 Å². The number of ether oxygens (including phenoxy) is 1. The van der Waals surface area contributed by atoms with Crippen LogP contribution in [0.2, 0.25) is 0 Å². The monoisotopic (exact) mass is 342 g/mol. The Morgan fingerprint density at radius 2 is 1.84 bits per heavy atom. The second-order valence-corrected chi connectivity index (χ2v) is 8.01. The van der Waals surface area contributed by atoms with Gasteiger partial charge in [-0.2, -0.15) is 0 Å². The zero-order valence-electron chi connectivity index (χ0n) is 15.1. The van der Waals surface area contributed by atoms with Gasteiger partial charge in [0.2, 0.25) is 0 Å². The summed E-state index contributed by atoms with van der Waals surface area (Å²) in [5, 5.41) is 0. The Balaban J connectivity index is 1.36. The van der Waals surface area contributed by atoms with Crippen LogP contribution in [0.3, 0.4) is 0 Å². The molecule has 3 aliphatic rings. The molecule has 0 unspecified atom stereocenters. The van der Waals surface area contributed by atoms with Crippen LogP contribution in [0.4, 0.5) is 0 Å². The summed E-state index contributed by atoms with van der Waals surface area (Å²) in [6.45, 7) is 5.57. The first-order valence-electron chi connectivity index (χ1n) is 9.98. The van der Waals surface area contributed by atoms with E-state index in [1.54, 1.807) is 0 Å². The van der Waals surface area contributed by atoms with Crippen LogP contribution >= 0.6 is 0 Å². The average molecular weight is 342 g/mol. The first-order valence-corrected chi connectivity index (χ1v) is 9.98. The van der Waals surface area contributed by atoms with Gasteiger partial charge in [-0.3, -0.25) is 4.79 Å². The summed E-state index contributed by atoms with van der Waals surface area (Å²) < 4.78 is 6.13. The highest BCUT2D eigenvalue weighted by Crippen LogP contribution is 2.29. The van der Waals surface area contributed by atoms with E-state index in [1.165, 1.54) is 38.6 Å². The van der Waals surface area contributed by atoms with Crippen LogP contribution in [0, 0.1) is 11.8 Å². The highest BCUT2D eigenvalue weighted by molar-refractivity contribution is 5.94. The summed E-state index contributed by atoms with van der Waals surface area (Å²) >= 11 is 0. The largest absolute Gasteiger partial charge is 0.375 e. The van der Waals surface area contributed by atoms with Crippen molar-refractivity contribution in [3.8, 4) is 0 Å². The molecule has 1 amide bonds. The predicted molar refractivity (Wildman–Crippen MR) is 98.6 cm³/mol. The molecule has 1 aromatic rings. The fourth-order valence-electron chi connectivity index (χ4n) is 4.81. The molecule has 1 saturated carbocycles. The number of hydrogen-bond donors (Lipinski definition) is 0. The van der Waals surface area contributed by atoms with E-state index in [2.05, 4.69) is 4.90 Å². The van der Waals surface area contributed by atoms with Crippen LogP contribution < -0.4 is 0 Å². The molecule has 136 valence electrons. The number of carbonyl (C=O) groups excluding carboxylic acids is 1. The van der Waals surface area contributed by atoms with Gasteiger partial charge in [0.25, 0.3) is 5.91 Å². The molecular formula is C21H30N2O2. The third-order valence-corrected chi connectivity index (χ3v) is 6.15. The molecule has 1 aliphatic carbocycles. The zero-order chi connectivity index (χ0) is 17.1. The van der Waals surface area contributed by atoms with E-state index in [9.17, 15) is 4.79 Å². The van der Waals surface area contributed by atoms with Crippen molar-refractivity contribution < 1.29 is 9.53 Å². The van der Waals surface area contributed by atoms with Crippen molar-refractivity contribution in [1.82, 2.24) is 9.80 Å². The van der Waals surface area contributed by atoms with E-state index in [1.807, 2.05) is 35.2 Å². The molecule has 25 heavy (non-hydrogen) atoms. The van der Waals surface area contributed by atoms with Crippen LogP contribution in [0.5, 0.6) is 0 Å². The Labute approximate surface area is 151 Å². The Kier molecular flexibility index (Phi) is 5.37. The fraction of sp³-hybridized carbons (Fsp3) is 0.667. The highest BCUT2D eigenvalue weighted by atomic mass is 16.5. The molecule has 0 spiro atoms. The summed E-state index contributed by atoms with van der Waals surface area (Å²) in [6.07, 6.45) is 7.32. The number of benzene rings is 1. The number of carbonyl (C=O) groups is 1. The van der Waals surface area contributed by atoms with Crippen LogP contribution in [0.1, 0.15) is 42.5 Å². The zero-order valence-corrected chi connectivity index (χ0v) is 15.1. The van der Waals surface area contributed by atoms with Crippen molar-refractivity contribution in [2.45, 2.75) is 38.2 Å². The lowest BCUT2D eigenvalue weighted by atomic mass is 9.89. The van der Waals surface area contributed by atoms with Gasteiger partial charge in [-0.15, -0.1) is 0 Å². The molecule has 0 aromatic heterocycles. The molecule has 2 heterocycles. The second kappa shape index (κ2) is 7.88. The number of fused-ring (bicyclic) bond motifs is 1. The maximum atomic E-state index is 12.8. The molecule has 3 fully saturated rings. The summed E-state index contributed by atoms with van der Waals surface area (Å²) in [5.41, 5.74) is 0.790.